The van der Waals surface area contributed by atoms with E-state index in [1.54, 1.807) is 12.1 Å². The third-order valence-electron chi connectivity index (χ3n) is 3.91. The Balaban J connectivity index is 1.93. The van der Waals surface area contributed by atoms with E-state index < -0.39 is 23.8 Å². The number of rotatable bonds is 0. The summed E-state index contributed by atoms with van der Waals surface area (Å²) in [6, 6.07) is 3.73. The van der Waals surface area contributed by atoms with Crippen LogP contribution in [0.3, 0.4) is 0 Å². The molecule has 0 aliphatic carbocycles. The van der Waals surface area contributed by atoms with Crippen molar-refractivity contribution in [1.29, 1.82) is 0 Å². The van der Waals surface area contributed by atoms with Crippen molar-refractivity contribution in [2.24, 2.45) is 5.73 Å². The predicted octanol–water partition coefficient (Wildman–Crippen LogP) is -0.570. The van der Waals surface area contributed by atoms with Crippen molar-refractivity contribution in [3.63, 3.8) is 0 Å². The minimum atomic E-state index is -1.09. The Morgan fingerprint density at radius 2 is 2.00 bits per heavy atom. The molecule has 2 heterocycles. The first-order valence-electron chi connectivity index (χ1n) is 6.88. The highest BCUT2D eigenvalue weighted by molar-refractivity contribution is 6.34. The minimum Gasteiger partial charge on any atom is -0.361 e. The van der Waals surface area contributed by atoms with Crippen LogP contribution in [0.2, 0.25) is 5.02 Å². The van der Waals surface area contributed by atoms with Gasteiger partial charge in [-0.2, -0.15) is 0 Å². The lowest BCUT2D eigenvalue weighted by molar-refractivity contribution is -0.146. The molecule has 1 saturated heterocycles. The molecule has 1 aromatic rings. The number of hydrogen-bond acceptors (Lipinski definition) is 4. The summed E-state index contributed by atoms with van der Waals surface area (Å²) in [5.41, 5.74) is 5.65. The van der Waals surface area contributed by atoms with Crippen molar-refractivity contribution < 1.29 is 19.2 Å². The van der Waals surface area contributed by atoms with Gasteiger partial charge in [0.15, 0.2) is 0 Å². The van der Waals surface area contributed by atoms with Crippen molar-refractivity contribution in [1.82, 2.24) is 9.80 Å². The van der Waals surface area contributed by atoms with Gasteiger partial charge in [-0.25, -0.2) is 0 Å². The van der Waals surface area contributed by atoms with Crippen LogP contribution in [0.1, 0.15) is 10.4 Å². The third-order valence-corrected chi connectivity index (χ3v) is 4.15. The van der Waals surface area contributed by atoms with Crippen molar-refractivity contribution in [2.45, 2.75) is 6.04 Å². The molecule has 3 rings (SSSR count). The van der Waals surface area contributed by atoms with Crippen molar-refractivity contribution in [3.8, 4) is 0 Å². The van der Waals surface area contributed by atoms with Crippen molar-refractivity contribution >= 4 is 40.9 Å². The quantitative estimate of drug-likeness (QED) is 0.618. The lowest BCUT2D eigenvalue weighted by Gasteiger charge is -2.38. The molecule has 8 nitrogen and oxygen atoms in total. The summed E-state index contributed by atoms with van der Waals surface area (Å²) in [6.45, 7) is 0.194. The van der Waals surface area contributed by atoms with Gasteiger partial charge in [0.25, 0.3) is 5.91 Å². The second kappa shape index (κ2) is 5.54. The molecule has 3 N–H and O–H groups in total. The van der Waals surface area contributed by atoms with Crippen molar-refractivity contribution in [2.75, 3.05) is 25.0 Å². The van der Waals surface area contributed by atoms with Crippen LogP contribution in [0.4, 0.5) is 5.69 Å². The summed E-state index contributed by atoms with van der Waals surface area (Å²) in [4.78, 5) is 50.3. The molecular formula is C14H13ClN4O4. The molecular weight excluding hydrogens is 324 g/mol. The Morgan fingerprint density at radius 3 is 2.70 bits per heavy atom. The fourth-order valence-corrected chi connectivity index (χ4v) is 2.94. The number of benzene rings is 1. The molecule has 2 aliphatic rings. The molecule has 2 aliphatic heterocycles. The van der Waals surface area contributed by atoms with Crippen LogP contribution in [0.25, 0.3) is 0 Å². The van der Waals surface area contributed by atoms with Gasteiger partial charge in [0.2, 0.25) is 5.91 Å². The van der Waals surface area contributed by atoms with Gasteiger partial charge in [0.1, 0.15) is 6.04 Å². The van der Waals surface area contributed by atoms with E-state index in [0.717, 1.165) is 0 Å². The van der Waals surface area contributed by atoms with E-state index in [2.05, 4.69) is 5.32 Å². The Bertz CT molecular complexity index is 735. The smallest absolute Gasteiger partial charge is 0.311 e. The highest BCUT2D eigenvalue weighted by atomic mass is 35.5. The number of primary amides is 1. The molecule has 4 amide bonds. The van der Waals surface area contributed by atoms with Crippen molar-refractivity contribution in [3.05, 3.63) is 28.8 Å². The Hall–Kier alpha value is -2.61. The molecule has 0 spiro atoms. The highest BCUT2D eigenvalue weighted by Gasteiger charge is 2.41. The molecule has 23 heavy (non-hydrogen) atoms. The Morgan fingerprint density at radius 1 is 1.26 bits per heavy atom. The maximum atomic E-state index is 12.6. The van der Waals surface area contributed by atoms with E-state index in [1.807, 2.05) is 0 Å². The van der Waals surface area contributed by atoms with E-state index >= 15 is 0 Å². The first-order chi connectivity index (χ1) is 10.9. The van der Waals surface area contributed by atoms with E-state index in [9.17, 15) is 19.2 Å². The molecule has 1 fully saturated rings. The number of nitrogens with zero attached hydrogens (tertiary/aromatic N) is 2. The largest absolute Gasteiger partial charge is 0.361 e. The number of nitrogens with one attached hydrogen (secondary N) is 1. The number of anilines is 1. The lowest BCUT2D eigenvalue weighted by atomic mass is 10.1. The number of hydrogen-bond donors (Lipinski definition) is 2. The second-order valence-electron chi connectivity index (χ2n) is 5.31. The third kappa shape index (κ3) is 2.61. The van der Waals surface area contributed by atoms with Crippen LogP contribution in [-0.4, -0.2) is 59.1 Å². The van der Waals surface area contributed by atoms with Gasteiger partial charge in [0.05, 0.1) is 17.8 Å². The maximum Gasteiger partial charge on any atom is 0.311 e. The van der Waals surface area contributed by atoms with Crippen LogP contribution in [0, 0.1) is 0 Å². The number of amides is 4. The van der Waals surface area contributed by atoms with E-state index in [0.29, 0.717) is 16.3 Å². The highest BCUT2D eigenvalue weighted by Crippen LogP contribution is 2.27. The number of piperazine rings is 1. The average Bonchev–Trinajstić information content (AvgIpc) is 2.62. The van der Waals surface area contributed by atoms with E-state index in [1.165, 1.54) is 15.9 Å². The molecule has 1 aromatic carbocycles. The number of carbonyl (C=O) groups excluding carboxylic acids is 4. The summed E-state index contributed by atoms with van der Waals surface area (Å²) in [5, 5.41) is 3.03. The van der Waals surface area contributed by atoms with Gasteiger partial charge in [-0.05, 0) is 18.2 Å². The summed E-state index contributed by atoms with van der Waals surface area (Å²) in [5.74, 6) is -2.73. The zero-order valence-electron chi connectivity index (χ0n) is 11.9. The normalized spacial score (nSPS) is 20.3. The second-order valence-corrected chi connectivity index (χ2v) is 5.75. The fraction of sp³-hybridized carbons (Fsp3) is 0.286. The number of halogens is 1. The van der Waals surface area contributed by atoms with Crippen LogP contribution >= 0.6 is 11.6 Å². The lowest BCUT2D eigenvalue weighted by Crippen LogP contribution is -2.60. The fourth-order valence-electron chi connectivity index (χ4n) is 2.77. The minimum absolute atomic E-state index is 0.0823. The van der Waals surface area contributed by atoms with Gasteiger partial charge in [-0.1, -0.05) is 11.6 Å². The van der Waals surface area contributed by atoms with Gasteiger partial charge in [-0.3, -0.25) is 19.2 Å². The monoisotopic (exact) mass is 336 g/mol. The topological polar surface area (TPSA) is 113 Å². The first-order valence-corrected chi connectivity index (χ1v) is 7.26. The van der Waals surface area contributed by atoms with Crippen LogP contribution in [0.15, 0.2) is 18.2 Å². The molecule has 120 valence electrons. The molecule has 9 heteroatoms. The maximum absolute atomic E-state index is 12.6. The SMILES string of the molecule is NC(=O)C(=O)N1CCN2C(=O)c3ccc(Cl)cc3NC(=O)[C@H]2C1. The standard InChI is InChI=1S/C14H13ClN4O4/c15-7-1-2-8-9(5-7)17-12(21)10-6-18(14(23)11(16)20)3-4-19(10)13(8)22/h1-2,5,10H,3-4,6H2,(H2,16,20)(H,17,21)/t10-/m1/s1. The van der Waals surface area contributed by atoms with E-state index in [-0.39, 0.29) is 25.5 Å². The molecule has 0 bridgehead atoms. The Labute approximate surface area is 136 Å². The number of nitrogens with two attached hydrogens (primary N) is 1. The van der Waals surface area contributed by atoms with Gasteiger partial charge in [0, 0.05) is 18.1 Å². The molecule has 0 unspecified atom stereocenters. The summed E-state index contributed by atoms with van der Waals surface area (Å²) < 4.78 is 0. The van der Waals surface area contributed by atoms with Crippen LogP contribution in [-0.2, 0) is 14.4 Å². The Kier molecular flexibility index (Phi) is 3.69. The first kappa shape index (κ1) is 15.3. The summed E-state index contributed by atoms with van der Waals surface area (Å²) >= 11 is 5.90. The van der Waals surface area contributed by atoms with Crippen LogP contribution < -0.4 is 11.1 Å². The number of fused-ring (bicyclic) bond motifs is 2. The van der Waals surface area contributed by atoms with Crippen LogP contribution in [0.5, 0.6) is 0 Å². The molecule has 1 atom stereocenters. The predicted molar refractivity (Wildman–Crippen MR) is 80.7 cm³/mol. The molecule has 0 saturated carbocycles. The summed E-state index contributed by atoms with van der Waals surface area (Å²) in [6.07, 6.45) is 0. The van der Waals surface area contributed by atoms with Gasteiger partial charge >= 0.3 is 11.8 Å². The number of carbonyl (C=O) groups is 4. The zero-order valence-corrected chi connectivity index (χ0v) is 12.7. The molecule has 0 aromatic heterocycles. The van der Waals surface area contributed by atoms with Gasteiger partial charge in [-0.15, -0.1) is 0 Å². The van der Waals surface area contributed by atoms with Gasteiger partial charge < -0.3 is 20.9 Å². The zero-order chi connectivity index (χ0) is 16.7. The van der Waals surface area contributed by atoms with E-state index in [4.69, 9.17) is 17.3 Å². The molecule has 0 radical (unpaired) electrons. The summed E-state index contributed by atoms with van der Waals surface area (Å²) in [7, 11) is 0. The average molecular weight is 337 g/mol.